The van der Waals surface area contributed by atoms with Gasteiger partial charge in [-0.1, -0.05) is 0 Å². The number of hydrogen-bond donors (Lipinski definition) is 0. The maximum absolute atomic E-state index is 10.4. The fourth-order valence-corrected chi connectivity index (χ4v) is 0.313. The highest BCUT2D eigenvalue weighted by molar-refractivity contribution is 5.88. The summed E-state index contributed by atoms with van der Waals surface area (Å²) >= 11 is 0. The molecule has 0 bridgehead atoms. The van der Waals surface area contributed by atoms with Gasteiger partial charge in [-0.2, -0.15) is 0 Å². The van der Waals surface area contributed by atoms with Crippen LogP contribution >= 0.6 is 0 Å². The zero-order valence-corrected chi connectivity index (χ0v) is 6.75. The summed E-state index contributed by atoms with van der Waals surface area (Å²) in [5.74, 6) is 3.64. The molecule has 0 saturated carbocycles. The molecule has 0 heterocycles. The molecule has 66 valence electrons. The summed E-state index contributed by atoms with van der Waals surface area (Å²) in [6.45, 7) is -0.193. The molecule has 0 radical (unpaired) electrons. The summed E-state index contributed by atoms with van der Waals surface area (Å²) in [5.41, 5.74) is 0. The van der Waals surface area contributed by atoms with Crippen molar-refractivity contribution in [3.05, 3.63) is 0 Å². The van der Waals surface area contributed by atoms with E-state index in [0.29, 0.717) is 0 Å². The molecule has 0 rings (SSSR count). The summed E-state index contributed by atoms with van der Waals surface area (Å²) in [6.07, 6.45) is -0.839. The van der Waals surface area contributed by atoms with Crippen molar-refractivity contribution in [2.24, 2.45) is 0 Å². The first kappa shape index (κ1) is 10.3. The normalized spacial score (nSPS) is 7.50. The van der Waals surface area contributed by atoms with Gasteiger partial charge in [-0.05, 0) is 5.92 Å². The predicted molar refractivity (Wildman–Crippen MR) is 38.1 cm³/mol. The highest BCUT2D eigenvalue weighted by Crippen LogP contribution is 1.79. The minimum absolute atomic E-state index is 0.193. The summed E-state index contributed by atoms with van der Waals surface area (Å²) in [4.78, 5) is 20.7. The molecule has 0 aromatic carbocycles. The molecular weight excluding hydrogens is 164 g/mol. The predicted octanol–water partition coefficient (Wildman–Crippen LogP) is -0.0542. The van der Waals surface area contributed by atoms with Crippen LogP contribution < -0.4 is 0 Å². The Hall–Kier alpha value is -1.70. The third-order valence-electron chi connectivity index (χ3n) is 0.805. The minimum Gasteiger partial charge on any atom is -0.459 e. The molecule has 0 N–H and O–H groups in total. The number of rotatable bonds is 1. The number of methoxy groups -OCH3 is 2. The molecule has 0 spiro atoms. The van der Waals surface area contributed by atoms with E-state index in [4.69, 9.17) is 0 Å². The van der Waals surface area contributed by atoms with E-state index < -0.39 is 12.1 Å². The molecule has 0 aromatic heterocycles. The molecule has 0 aromatic rings. The van der Waals surface area contributed by atoms with Crippen molar-refractivity contribution in [3.63, 3.8) is 0 Å². The lowest BCUT2D eigenvalue weighted by molar-refractivity contribution is -0.133. The van der Waals surface area contributed by atoms with E-state index in [1.807, 2.05) is 0 Å². The van der Waals surface area contributed by atoms with Crippen molar-refractivity contribution in [1.29, 1.82) is 0 Å². The van der Waals surface area contributed by atoms with Crippen LogP contribution in [-0.2, 0) is 19.0 Å². The van der Waals surface area contributed by atoms with Gasteiger partial charge in [0.15, 0.2) is 6.61 Å². The fraction of sp³-hybridized carbons (Fsp3) is 0.429. The van der Waals surface area contributed by atoms with Gasteiger partial charge in [0.05, 0.1) is 14.2 Å². The van der Waals surface area contributed by atoms with Crippen LogP contribution in [0.3, 0.4) is 0 Å². The SMILES string of the molecule is COC(=O)C#CCOC(=O)OC. The molecule has 0 aliphatic heterocycles. The summed E-state index contributed by atoms with van der Waals surface area (Å²) in [6, 6.07) is 0. The van der Waals surface area contributed by atoms with Gasteiger partial charge in [0, 0.05) is 5.92 Å². The topological polar surface area (TPSA) is 61.8 Å². The van der Waals surface area contributed by atoms with Crippen LogP contribution in [-0.4, -0.2) is 33.0 Å². The van der Waals surface area contributed by atoms with E-state index in [9.17, 15) is 9.59 Å². The number of carbonyl (C=O) groups is 2. The third kappa shape index (κ3) is 5.11. The first-order valence-electron chi connectivity index (χ1n) is 2.98. The Bertz CT molecular complexity index is 222. The van der Waals surface area contributed by atoms with Crippen molar-refractivity contribution < 1.29 is 23.8 Å². The second kappa shape index (κ2) is 6.04. The second-order valence-electron chi connectivity index (χ2n) is 1.54. The fourth-order valence-electron chi connectivity index (χ4n) is 0.313. The largest absolute Gasteiger partial charge is 0.508 e. The van der Waals surface area contributed by atoms with Gasteiger partial charge in [0.1, 0.15) is 0 Å². The number of ether oxygens (including phenoxy) is 3. The minimum atomic E-state index is -0.839. The van der Waals surface area contributed by atoms with E-state index in [2.05, 4.69) is 26.1 Å². The van der Waals surface area contributed by atoms with Crippen LogP contribution in [0.2, 0.25) is 0 Å². The molecule has 0 aliphatic carbocycles. The quantitative estimate of drug-likeness (QED) is 0.315. The lowest BCUT2D eigenvalue weighted by Gasteiger charge is -1.95. The maximum atomic E-state index is 10.4. The number of carbonyl (C=O) groups excluding carboxylic acids is 2. The van der Waals surface area contributed by atoms with Crippen molar-refractivity contribution in [2.75, 3.05) is 20.8 Å². The average Bonchev–Trinajstić information content (AvgIpc) is 2.11. The molecule has 0 fully saturated rings. The van der Waals surface area contributed by atoms with E-state index in [1.165, 1.54) is 14.2 Å². The van der Waals surface area contributed by atoms with E-state index in [0.717, 1.165) is 0 Å². The Morgan fingerprint density at radius 3 is 2.42 bits per heavy atom. The second-order valence-corrected chi connectivity index (χ2v) is 1.54. The first-order valence-corrected chi connectivity index (χ1v) is 2.98. The van der Waals surface area contributed by atoms with Crippen LogP contribution in [0, 0.1) is 11.8 Å². The van der Waals surface area contributed by atoms with Gasteiger partial charge in [0.25, 0.3) is 0 Å². The molecular formula is C7H8O5. The van der Waals surface area contributed by atoms with Gasteiger partial charge in [0.2, 0.25) is 0 Å². The molecule has 0 unspecified atom stereocenters. The molecule has 0 amide bonds. The van der Waals surface area contributed by atoms with Gasteiger partial charge in [-0.15, -0.1) is 0 Å². The van der Waals surface area contributed by atoms with Crippen LogP contribution in [0.15, 0.2) is 0 Å². The van der Waals surface area contributed by atoms with Crippen molar-refractivity contribution in [3.8, 4) is 11.8 Å². The molecule has 0 aliphatic rings. The Morgan fingerprint density at radius 1 is 1.25 bits per heavy atom. The lowest BCUT2D eigenvalue weighted by atomic mass is 10.6. The summed E-state index contributed by atoms with van der Waals surface area (Å²) in [7, 11) is 2.38. The van der Waals surface area contributed by atoms with Gasteiger partial charge in [-0.25, -0.2) is 9.59 Å². The van der Waals surface area contributed by atoms with Gasteiger partial charge in [-0.3, -0.25) is 0 Å². The van der Waals surface area contributed by atoms with Crippen LogP contribution in [0.5, 0.6) is 0 Å². The molecule has 5 heteroatoms. The van der Waals surface area contributed by atoms with E-state index in [1.54, 1.807) is 0 Å². The smallest absolute Gasteiger partial charge is 0.459 e. The molecule has 0 saturated heterocycles. The zero-order valence-electron chi connectivity index (χ0n) is 6.75. The average molecular weight is 172 g/mol. The molecule has 5 nitrogen and oxygen atoms in total. The maximum Gasteiger partial charge on any atom is 0.508 e. The van der Waals surface area contributed by atoms with Crippen molar-refractivity contribution >= 4 is 12.1 Å². The van der Waals surface area contributed by atoms with E-state index in [-0.39, 0.29) is 6.61 Å². The Balaban J connectivity index is 3.59. The first-order chi connectivity index (χ1) is 5.70. The standard InChI is InChI=1S/C7H8O5/c1-10-6(8)4-3-5-12-7(9)11-2/h5H2,1-2H3. The van der Waals surface area contributed by atoms with Crippen LogP contribution in [0.25, 0.3) is 0 Å². The van der Waals surface area contributed by atoms with Gasteiger partial charge >= 0.3 is 12.1 Å². The van der Waals surface area contributed by atoms with Crippen molar-refractivity contribution in [2.45, 2.75) is 0 Å². The Kier molecular flexibility index (Phi) is 5.18. The number of esters is 1. The molecule has 0 atom stereocenters. The zero-order chi connectivity index (χ0) is 9.40. The Morgan fingerprint density at radius 2 is 1.92 bits per heavy atom. The van der Waals surface area contributed by atoms with E-state index >= 15 is 0 Å². The third-order valence-corrected chi connectivity index (χ3v) is 0.805. The number of hydrogen-bond acceptors (Lipinski definition) is 5. The highest BCUT2D eigenvalue weighted by Gasteiger charge is 1.96. The highest BCUT2D eigenvalue weighted by atomic mass is 16.7. The van der Waals surface area contributed by atoms with Crippen LogP contribution in [0.4, 0.5) is 4.79 Å². The summed E-state index contributed by atoms with van der Waals surface area (Å²) in [5, 5.41) is 0. The molecule has 12 heavy (non-hydrogen) atoms. The Labute approximate surface area is 69.6 Å². The lowest BCUT2D eigenvalue weighted by Crippen LogP contribution is -2.04. The van der Waals surface area contributed by atoms with Crippen LogP contribution in [0.1, 0.15) is 0 Å². The van der Waals surface area contributed by atoms with Crippen molar-refractivity contribution in [1.82, 2.24) is 0 Å². The van der Waals surface area contributed by atoms with Gasteiger partial charge < -0.3 is 14.2 Å². The summed E-state index contributed by atoms with van der Waals surface area (Å²) < 4.78 is 12.7. The monoisotopic (exact) mass is 172 g/mol.